The molecule has 0 bridgehead atoms. The minimum absolute atomic E-state index is 0.456. The summed E-state index contributed by atoms with van der Waals surface area (Å²) in [5.41, 5.74) is 17.1. The monoisotopic (exact) mass is 472 g/mol. The average Bonchev–Trinajstić information content (AvgIpc) is 2.88. The molecular formula is C29H36N4O2. The Morgan fingerprint density at radius 2 is 1.06 bits per heavy atom. The van der Waals surface area contributed by atoms with E-state index in [1.807, 2.05) is 73.7 Å². The van der Waals surface area contributed by atoms with Gasteiger partial charge in [-0.1, -0.05) is 62.4 Å². The summed E-state index contributed by atoms with van der Waals surface area (Å²) in [5, 5.41) is 0. The minimum atomic E-state index is 0.456. The summed E-state index contributed by atoms with van der Waals surface area (Å²) >= 11 is 0. The van der Waals surface area contributed by atoms with Gasteiger partial charge in [0.1, 0.15) is 36.4 Å². The van der Waals surface area contributed by atoms with Crippen molar-refractivity contribution in [2.45, 2.75) is 46.8 Å². The molecule has 0 unspecified atom stereocenters. The maximum absolute atomic E-state index is 6.04. The van der Waals surface area contributed by atoms with Gasteiger partial charge in [0.05, 0.1) is 0 Å². The molecule has 3 aromatic rings. The van der Waals surface area contributed by atoms with Gasteiger partial charge in [-0.2, -0.15) is 0 Å². The van der Waals surface area contributed by atoms with Crippen LogP contribution in [0, 0.1) is 6.92 Å². The molecule has 0 spiro atoms. The largest absolute Gasteiger partial charge is 0.489 e. The van der Waals surface area contributed by atoms with Crippen molar-refractivity contribution < 1.29 is 9.47 Å². The van der Waals surface area contributed by atoms with Crippen LogP contribution in [-0.2, 0) is 13.2 Å². The molecule has 0 amide bonds. The van der Waals surface area contributed by atoms with E-state index in [1.165, 1.54) is 0 Å². The topological polar surface area (TPSA) is 95.2 Å². The average molecular weight is 473 g/mol. The first-order valence-corrected chi connectivity index (χ1v) is 12.1. The van der Waals surface area contributed by atoms with E-state index in [-0.39, 0.29) is 0 Å². The molecule has 0 aliphatic heterocycles. The van der Waals surface area contributed by atoms with Crippen LogP contribution in [0.1, 0.15) is 54.5 Å². The molecular weight excluding hydrogens is 436 g/mol. The Hall–Kier alpha value is -3.80. The highest BCUT2D eigenvalue weighted by Gasteiger charge is 2.05. The normalized spacial score (nSPS) is 12.0. The minimum Gasteiger partial charge on any atom is -0.489 e. The number of benzene rings is 3. The van der Waals surface area contributed by atoms with Crippen LogP contribution in [0.5, 0.6) is 11.5 Å². The zero-order valence-electron chi connectivity index (χ0n) is 21.0. The van der Waals surface area contributed by atoms with Gasteiger partial charge in [0.2, 0.25) is 0 Å². The smallest absolute Gasteiger partial charge is 0.125 e. The Labute approximate surface area is 208 Å². The Balaban J connectivity index is 1.57. The molecule has 0 fully saturated rings. The molecule has 0 heterocycles. The zero-order chi connectivity index (χ0) is 25.0. The van der Waals surface area contributed by atoms with Crippen molar-refractivity contribution in [3.63, 3.8) is 0 Å². The van der Waals surface area contributed by atoms with Gasteiger partial charge in [-0.15, -0.1) is 0 Å². The van der Waals surface area contributed by atoms with Gasteiger partial charge in [-0.05, 0) is 48.6 Å². The number of nitrogens with two attached hydrogens (primary N) is 2. The van der Waals surface area contributed by atoms with Crippen molar-refractivity contribution in [2.24, 2.45) is 21.5 Å². The van der Waals surface area contributed by atoms with Crippen LogP contribution in [-0.4, -0.2) is 24.8 Å². The fraction of sp³-hybridized carbons (Fsp3) is 0.310. The summed E-state index contributed by atoms with van der Waals surface area (Å²) in [6.07, 6.45) is 1.95. The van der Waals surface area contributed by atoms with Crippen LogP contribution in [0.4, 0.5) is 0 Å². The first-order chi connectivity index (χ1) is 17.0. The maximum atomic E-state index is 6.04. The number of rotatable bonds is 12. The fourth-order valence-electron chi connectivity index (χ4n) is 3.40. The lowest BCUT2D eigenvalue weighted by atomic mass is 10.1. The van der Waals surface area contributed by atoms with Gasteiger partial charge < -0.3 is 20.9 Å². The number of aryl methyl sites for hydroxylation is 1. The summed E-state index contributed by atoms with van der Waals surface area (Å²) in [4.78, 5) is 8.71. The summed E-state index contributed by atoms with van der Waals surface area (Å²) in [6.45, 7) is 8.58. The van der Waals surface area contributed by atoms with E-state index < -0.39 is 0 Å². The highest BCUT2D eigenvalue weighted by Crippen LogP contribution is 2.24. The first kappa shape index (κ1) is 25.8. The van der Waals surface area contributed by atoms with Gasteiger partial charge in [0.15, 0.2) is 0 Å². The third-order valence-electron chi connectivity index (χ3n) is 5.35. The van der Waals surface area contributed by atoms with Crippen molar-refractivity contribution in [2.75, 3.05) is 13.1 Å². The van der Waals surface area contributed by atoms with Crippen LogP contribution in [0.15, 0.2) is 76.7 Å². The standard InChI is InChI=1S/C29H36N4O2/c1-4-14-32-28(30)24-10-6-22(7-11-24)19-34-26-16-21(3)17-27(18-26)35-20-23-8-12-25(13-9-23)29(31)33-15-5-2/h6-13,16-18H,4-5,14-15,19-20H2,1-3H3,(H2,30,32)(H2,31,33). The molecule has 0 radical (unpaired) electrons. The van der Waals surface area contributed by atoms with E-state index in [9.17, 15) is 0 Å². The van der Waals surface area contributed by atoms with Crippen LogP contribution in [0.3, 0.4) is 0 Å². The molecule has 0 aromatic heterocycles. The lowest BCUT2D eigenvalue weighted by molar-refractivity contribution is 0.289. The second kappa shape index (κ2) is 13.2. The van der Waals surface area contributed by atoms with Gasteiger partial charge in [-0.25, -0.2) is 0 Å². The van der Waals surface area contributed by atoms with E-state index in [1.54, 1.807) is 0 Å². The highest BCUT2D eigenvalue weighted by atomic mass is 16.5. The summed E-state index contributed by atoms with van der Waals surface area (Å²) in [7, 11) is 0. The highest BCUT2D eigenvalue weighted by molar-refractivity contribution is 5.97. The second-order valence-electron chi connectivity index (χ2n) is 8.49. The third-order valence-corrected chi connectivity index (χ3v) is 5.35. The van der Waals surface area contributed by atoms with Crippen molar-refractivity contribution in [1.29, 1.82) is 0 Å². The van der Waals surface area contributed by atoms with Crippen molar-refractivity contribution in [1.82, 2.24) is 0 Å². The number of amidine groups is 2. The molecule has 0 atom stereocenters. The number of ether oxygens (including phenoxy) is 2. The molecule has 0 saturated carbocycles. The number of aliphatic imine (C=N–C) groups is 2. The van der Waals surface area contributed by atoms with Gasteiger partial charge in [0.25, 0.3) is 0 Å². The Bertz CT molecular complexity index is 1050. The van der Waals surface area contributed by atoms with Crippen molar-refractivity contribution in [3.05, 3.63) is 94.5 Å². The Morgan fingerprint density at radius 3 is 1.43 bits per heavy atom. The molecule has 4 N–H and O–H groups in total. The SMILES string of the molecule is CCCN=C(N)c1ccc(COc2cc(C)cc(OCc3ccc(C(N)=NCCC)cc3)c2)cc1. The van der Waals surface area contributed by atoms with E-state index in [4.69, 9.17) is 20.9 Å². The van der Waals surface area contributed by atoms with Crippen LogP contribution < -0.4 is 20.9 Å². The lowest BCUT2D eigenvalue weighted by Crippen LogP contribution is -2.14. The summed E-state index contributed by atoms with van der Waals surface area (Å²) in [5.74, 6) is 2.68. The van der Waals surface area contributed by atoms with Crippen LogP contribution in [0.2, 0.25) is 0 Å². The Kier molecular flexibility index (Phi) is 9.72. The number of nitrogens with zero attached hydrogens (tertiary/aromatic N) is 2. The molecule has 3 aromatic carbocycles. The number of hydrogen-bond acceptors (Lipinski definition) is 4. The van der Waals surface area contributed by atoms with Gasteiger partial charge >= 0.3 is 0 Å². The van der Waals surface area contributed by atoms with E-state index in [0.29, 0.717) is 24.9 Å². The molecule has 6 heteroatoms. The molecule has 3 rings (SSSR count). The fourth-order valence-corrected chi connectivity index (χ4v) is 3.40. The predicted molar refractivity (Wildman–Crippen MR) is 144 cm³/mol. The molecule has 0 aliphatic rings. The maximum Gasteiger partial charge on any atom is 0.125 e. The molecule has 6 nitrogen and oxygen atoms in total. The van der Waals surface area contributed by atoms with Crippen molar-refractivity contribution in [3.8, 4) is 11.5 Å². The summed E-state index contributed by atoms with van der Waals surface area (Å²) in [6, 6.07) is 21.9. The van der Waals surface area contributed by atoms with E-state index >= 15 is 0 Å². The predicted octanol–water partition coefficient (Wildman–Crippen LogP) is 5.38. The number of hydrogen-bond donors (Lipinski definition) is 2. The molecule has 35 heavy (non-hydrogen) atoms. The molecule has 0 aliphatic carbocycles. The van der Waals surface area contributed by atoms with Gasteiger partial charge in [0, 0.05) is 30.3 Å². The zero-order valence-corrected chi connectivity index (χ0v) is 21.0. The third kappa shape index (κ3) is 8.18. The van der Waals surface area contributed by atoms with Crippen LogP contribution in [0.25, 0.3) is 0 Å². The quantitative estimate of drug-likeness (QED) is 0.273. The van der Waals surface area contributed by atoms with Crippen LogP contribution >= 0.6 is 0 Å². The second-order valence-corrected chi connectivity index (χ2v) is 8.49. The van der Waals surface area contributed by atoms with Crippen molar-refractivity contribution >= 4 is 11.7 Å². The van der Waals surface area contributed by atoms with E-state index in [2.05, 4.69) is 23.8 Å². The first-order valence-electron chi connectivity index (χ1n) is 12.1. The van der Waals surface area contributed by atoms with E-state index in [0.717, 1.165) is 65.2 Å². The molecule has 184 valence electrons. The summed E-state index contributed by atoms with van der Waals surface area (Å²) < 4.78 is 12.1. The van der Waals surface area contributed by atoms with Gasteiger partial charge in [-0.3, -0.25) is 9.98 Å². The Morgan fingerprint density at radius 1 is 0.657 bits per heavy atom. The molecule has 0 saturated heterocycles. The lowest BCUT2D eigenvalue weighted by Gasteiger charge is -2.12.